The molecule has 0 fully saturated rings. The highest BCUT2D eigenvalue weighted by Gasteiger charge is 2.27. The molecule has 0 aliphatic heterocycles. The van der Waals surface area contributed by atoms with Gasteiger partial charge in [-0.2, -0.15) is 0 Å². The van der Waals surface area contributed by atoms with E-state index >= 15 is 0 Å². The molecule has 3 aromatic carbocycles. The lowest BCUT2D eigenvalue weighted by molar-refractivity contribution is -0.114. The van der Waals surface area contributed by atoms with Crippen molar-refractivity contribution in [1.29, 1.82) is 0 Å². The van der Waals surface area contributed by atoms with E-state index < -0.39 is 7.05 Å². The van der Waals surface area contributed by atoms with Gasteiger partial charge in [0.1, 0.15) is 0 Å². The third-order valence-corrected chi connectivity index (χ3v) is 9.80. The van der Waals surface area contributed by atoms with Gasteiger partial charge in [-0.3, -0.25) is 9.54 Å². The van der Waals surface area contributed by atoms with E-state index in [0.717, 1.165) is 31.4 Å². The van der Waals surface area contributed by atoms with E-state index in [1.807, 2.05) is 6.08 Å². The Kier molecular flexibility index (Phi) is 7.91. The monoisotopic (exact) mass is 441 g/mol. The Hall–Kier alpha value is -2.70. The van der Waals surface area contributed by atoms with E-state index in [0.29, 0.717) is 6.42 Å². The summed E-state index contributed by atoms with van der Waals surface area (Å²) in [4.78, 5) is 12.8. The molecule has 0 aromatic heterocycles. The van der Waals surface area contributed by atoms with Crippen molar-refractivity contribution >= 4 is 28.8 Å². The fourth-order valence-corrected chi connectivity index (χ4v) is 8.06. The molecule has 0 atom stereocenters. The Morgan fingerprint density at radius 3 is 1.41 bits per heavy atom. The molecule has 0 saturated heterocycles. The summed E-state index contributed by atoms with van der Waals surface area (Å²) in [5, 5.41) is 3.67. The van der Waals surface area contributed by atoms with Gasteiger partial charge in [0, 0.05) is 34.1 Å². The minimum atomic E-state index is -2.31. The van der Waals surface area contributed by atoms with Gasteiger partial charge in [0.2, 0.25) is 0 Å². The van der Waals surface area contributed by atoms with Gasteiger partial charge < -0.3 is 0 Å². The number of ketones is 1. The van der Waals surface area contributed by atoms with E-state index in [1.54, 1.807) is 0 Å². The molecular formula is C29H32NOP. The first-order valence-corrected chi connectivity index (χ1v) is 13.6. The molecule has 32 heavy (non-hydrogen) atoms. The quantitative estimate of drug-likeness (QED) is 0.412. The number of carbonyl (C=O) groups excluding carboxylic acids is 1. The van der Waals surface area contributed by atoms with Crippen molar-refractivity contribution < 1.29 is 4.79 Å². The zero-order valence-corrected chi connectivity index (χ0v) is 19.6. The molecule has 2 nitrogen and oxygen atoms in total. The Bertz CT molecular complexity index is 984. The molecule has 0 unspecified atom stereocenters. The summed E-state index contributed by atoms with van der Waals surface area (Å²) in [5.74, 6) is 0.220. The molecule has 0 saturated carbocycles. The molecule has 4 rings (SSSR count). The SMILES string of the molecule is O=C1/C=C(/N=P(c2ccccc2)(c2ccccc2)c2ccccc2)CCCCCCCC1. The highest BCUT2D eigenvalue weighted by molar-refractivity contribution is 7.87. The maximum Gasteiger partial charge on any atom is 0.157 e. The minimum Gasteiger partial charge on any atom is -0.295 e. The average Bonchev–Trinajstić information content (AvgIpc) is 2.89. The molecule has 0 amide bonds. The first-order valence-electron chi connectivity index (χ1n) is 11.8. The maximum atomic E-state index is 12.8. The Balaban J connectivity index is 1.97. The largest absolute Gasteiger partial charge is 0.295 e. The molecule has 1 aliphatic rings. The highest BCUT2D eigenvalue weighted by atomic mass is 31.2. The van der Waals surface area contributed by atoms with Gasteiger partial charge >= 0.3 is 0 Å². The summed E-state index contributed by atoms with van der Waals surface area (Å²) < 4.78 is 5.58. The van der Waals surface area contributed by atoms with Crippen LogP contribution in [0, 0.1) is 0 Å². The molecular weight excluding hydrogens is 409 g/mol. The van der Waals surface area contributed by atoms with E-state index in [2.05, 4.69) is 91.0 Å². The van der Waals surface area contributed by atoms with Crippen LogP contribution in [0.5, 0.6) is 0 Å². The normalized spacial score (nSPS) is 17.6. The van der Waals surface area contributed by atoms with Crippen LogP contribution in [0.2, 0.25) is 0 Å². The standard InChI is InChI=1S/C29H32NOP/c31-26-17-9-4-2-1-3-8-16-25(24-26)30-32(27-18-10-5-11-19-27,28-20-12-6-13-21-28)29-22-14-7-15-23-29/h5-7,10-15,18-24H,1-4,8-9,16-17H2/b25-24+. The van der Waals surface area contributed by atoms with Gasteiger partial charge in [0.05, 0.1) is 7.05 Å². The minimum absolute atomic E-state index is 0.220. The number of hydrogen-bond acceptors (Lipinski definition) is 2. The van der Waals surface area contributed by atoms with Gasteiger partial charge in [-0.25, -0.2) is 0 Å². The predicted molar refractivity (Wildman–Crippen MR) is 138 cm³/mol. The van der Waals surface area contributed by atoms with Crippen molar-refractivity contribution in [1.82, 2.24) is 0 Å². The Labute approximate surface area is 192 Å². The van der Waals surface area contributed by atoms with Crippen LogP contribution in [0.3, 0.4) is 0 Å². The second kappa shape index (κ2) is 11.2. The number of benzene rings is 3. The fourth-order valence-electron chi connectivity index (χ4n) is 4.47. The van der Waals surface area contributed by atoms with Gasteiger partial charge in [0.25, 0.3) is 0 Å². The highest BCUT2D eigenvalue weighted by Crippen LogP contribution is 2.48. The van der Waals surface area contributed by atoms with Crippen molar-refractivity contribution in [3.8, 4) is 0 Å². The van der Waals surface area contributed by atoms with Crippen molar-refractivity contribution in [2.45, 2.75) is 51.4 Å². The van der Waals surface area contributed by atoms with Crippen molar-refractivity contribution in [3.63, 3.8) is 0 Å². The number of allylic oxidation sites excluding steroid dienone is 2. The number of hydrogen-bond donors (Lipinski definition) is 0. The smallest absolute Gasteiger partial charge is 0.157 e. The predicted octanol–water partition coefficient (Wildman–Crippen LogP) is 6.75. The van der Waals surface area contributed by atoms with E-state index in [4.69, 9.17) is 4.74 Å². The second-order valence-corrected chi connectivity index (χ2v) is 11.5. The molecule has 0 N–H and O–H groups in total. The van der Waals surface area contributed by atoms with Crippen LogP contribution in [0.25, 0.3) is 0 Å². The lowest BCUT2D eigenvalue weighted by Gasteiger charge is -2.27. The van der Waals surface area contributed by atoms with E-state index in [9.17, 15) is 4.79 Å². The molecule has 0 radical (unpaired) electrons. The zero-order chi connectivity index (χ0) is 22.1. The summed E-state index contributed by atoms with van der Waals surface area (Å²) in [5.41, 5.74) is 0.960. The van der Waals surface area contributed by atoms with Crippen LogP contribution in [0.1, 0.15) is 51.4 Å². The zero-order valence-electron chi connectivity index (χ0n) is 18.7. The molecule has 0 spiro atoms. The molecule has 164 valence electrons. The number of rotatable bonds is 4. The molecule has 3 heteroatoms. The Morgan fingerprint density at radius 1 is 0.531 bits per heavy atom. The second-order valence-electron chi connectivity index (χ2n) is 8.47. The van der Waals surface area contributed by atoms with Crippen LogP contribution in [0.4, 0.5) is 0 Å². The summed E-state index contributed by atoms with van der Waals surface area (Å²) in [7, 11) is -2.31. The topological polar surface area (TPSA) is 29.4 Å². The molecule has 1 aliphatic carbocycles. The third kappa shape index (κ3) is 5.37. The third-order valence-electron chi connectivity index (χ3n) is 6.10. The van der Waals surface area contributed by atoms with Crippen LogP contribution in [-0.4, -0.2) is 5.78 Å². The number of nitrogens with zero attached hydrogens (tertiary/aromatic N) is 1. The van der Waals surface area contributed by atoms with Crippen LogP contribution in [0.15, 0.2) is 108 Å². The van der Waals surface area contributed by atoms with Crippen LogP contribution < -0.4 is 15.9 Å². The van der Waals surface area contributed by atoms with Gasteiger partial charge in [-0.1, -0.05) is 117 Å². The van der Waals surface area contributed by atoms with Crippen molar-refractivity contribution in [2.24, 2.45) is 4.74 Å². The summed E-state index contributed by atoms with van der Waals surface area (Å²) in [6.45, 7) is 0. The summed E-state index contributed by atoms with van der Waals surface area (Å²) >= 11 is 0. The van der Waals surface area contributed by atoms with Crippen molar-refractivity contribution in [2.75, 3.05) is 0 Å². The van der Waals surface area contributed by atoms with E-state index in [-0.39, 0.29) is 5.78 Å². The maximum absolute atomic E-state index is 12.8. The van der Waals surface area contributed by atoms with Crippen LogP contribution >= 0.6 is 7.05 Å². The van der Waals surface area contributed by atoms with Gasteiger partial charge in [-0.15, -0.1) is 0 Å². The first-order chi connectivity index (χ1) is 15.8. The Morgan fingerprint density at radius 2 is 0.938 bits per heavy atom. The summed E-state index contributed by atoms with van der Waals surface area (Å²) in [6, 6.07) is 32.0. The van der Waals surface area contributed by atoms with E-state index in [1.165, 1.54) is 35.2 Å². The van der Waals surface area contributed by atoms with Gasteiger partial charge in [-0.05, 0) is 19.3 Å². The van der Waals surface area contributed by atoms with Crippen LogP contribution in [-0.2, 0) is 4.79 Å². The van der Waals surface area contributed by atoms with Gasteiger partial charge in [0.15, 0.2) is 5.78 Å². The first kappa shape index (κ1) is 22.5. The molecule has 0 bridgehead atoms. The molecule has 0 heterocycles. The average molecular weight is 442 g/mol. The number of carbonyl (C=O) groups is 1. The lowest BCUT2D eigenvalue weighted by Crippen LogP contribution is -2.25. The lowest BCUT2D eigenvalue weighted by atomic mass is 10.1. The fraction of sp³-hybridized carbons (Fsp3) is 0.276. The molecule has 3 aromatic rings. The summed E-state index contributed by atoms with van der Waals surface area (Å²) in [6.07, 6.45) is 10.3. The van der Waals surface area contributed by atoms with Crippen molar-refractivity contribution in [3.05, 3.63) is 103 Å².